The molecule has 1 aromatic rings. The molecule has 0 fully saturated rings. The molecular weight excluding hydrogens is 200 g/mol. The number of nitrogens with two attached hydrogens (primary N) is 1. The third-order valence-electron chi connectivity index (χ3n) is 1.91. The molecule has 0 aromatic carbocycles. The van der Waals surface area contributed by atoms with Gasteiger partial charge in [-0.2, -0.15) is 0 Å². The van der Waals surface area contributed by atoms with Crippen LogP contribution in [0.2, 0.25) is 5.15 Å². The van der Waals surface area contributed by atoms with Crippen LogP contribution in [0.5, 0.6) is 0 Å². The first-order valence-corrected chi connectivity index (χ1v) is 4.89. The van der Waals surface area contributed by atoms with Gasteiger partial charge >= 0.3 is 0 Å². The summed E-state index contributed by atoms with van der Waals surface area (Å²) in [6.45, 7) is 2.09. The Hall–Kier alpha value is -1.16. The first-order valence-electron chi connectivity index (χ1n) is 4.51. The van der Waals surface area contributed by atoms with E-state index in [0.717, 1.165) is 25.0 Å². The fourth-order valence-electron chi connectivity index (χ4n) is 1.18. The molecule has 0 radical (unpaired) electrons. The first kappa shape index (κ1) is 10.9. The van der Waals surface area contributed by atoms with Gasteiger partial charge in [0.05, 0.1) is 11.3 Å². The van der Waals surface area contributed by atoms with Crippen molar-refractivity contribution in [3.05, 3.63) is 16.4 Å². The monoisotopic (exact) mass is 212 g/mol. The summed E-state index contributed by atoms with van der Waals surface area (Å²) >= 11 is 5.83. The largest absolute Gasteiger partial charge is 0.368 e. The highest BCUT2D eigenvalue weighted by Gasteiger charge is 2.08. The molecule has 76 valence electrons. The Bertz CT molecular complexity index is 338. The Kier molecular flexibility index (Phi) is 3.83. The topological polar surface area (TPSA) is 75.7 Å². The van der Waals surface area contributed by atoms with Gasteiger partial charge in [0.25, 0.3) is 0 Å². The summed E-state index contributed by atoms with van der Waals surface area (Å²) in [7, 11) is 0. The van der Waals surface area contributed by atoms with E-state index in [4.69, 9.17) is 22.7 Å². The molecule has 0 spiro atoms. The molecule has 4 nitrogen and oxygen atoms in total. The average molecular weight is 213 g/mol. The summed E-state index contributed by atoms with van der Waals surface area (Å²) in [5.41, 5.74) is 6.81. The molecule has 1 rings (SSSR count). The van der Waals surface area contributed by atoms with Crippen molar-refractivity contribution in [1.29, 1.82) is 5.41 Å². The van der Waals surface area contributed by atoms with Gasteiger partial charge < -0.3 is 11.1 Å². The Morgan fingerprint density at radius 3 is 2.79 bits per heavy atom. The minimum Gasteiger partial charge on any atom is -0.368 e. The molecule has 1 heterocycles. The van der Waals surface area contributed by atoms with Crippen molar-refractivity contribution in [2.45, 2.75) is 26.2 Å². The fraction of sp³-hybridized carbons (Fsp3) is 0.444. The van der Waals surface area contributed by atoms with Crippen molar-refractivity contribution in [2.75, 3.05) is 5.73 Å². The van der Waals surface area contributed by atoms with Crippen molar-refractivity contribution in [1.82, 2.24) is 9.97 Å². The van der Waals surface area contributed by atoms with Crippen LogP contribution in [0.4, 0.5) is 5.95 Å². The van der Waals surface area contributed by atoms with Crippen LogP contribution < -0.4 is 5.73 Å². The quantitative estimate of drug-likeness (QED) is 0.593. The Labute approximate surface area is 88.0 Å². The smallest absolute Gasteiger partial charge is 0.221 e. The summed E-state index contributed by atoms with van der Waals surface area (Å²) in [6, 6.07) is 0. The van der Waals surface area contributed by atoms with Crippen LogP contribution in [0.3, 0.4) is 0 Å². The fourth-order valence-corrected chi connectivity index (χ4v) is 1.43. The van der Waals surface area contributed by atoms with Crippen LogP contribution in [-0.4, -0.2) is 16.2 Å². The molecule has 0 aliphatic heterocycles. The highest BCUT2D eigenvalue weighted by atomic mass is 35.5. The summed E-state index contributed by atoms with van der Waals surface area (Å²) in [5, 5.41) is 7.46. The lowest BCUT2D eigenvalue weighted by molar-refractivity contribution is 0.774. The number of rotatable bonds is 4. The van der Waals surface area contributed by atoms with Crippen LogP contribution in [0.15, 0.2) is 0 Å². The van der Waals surface area contributed by atoms with Crippen molar-refractivity contribution < 1.29 is 0 Å². The number of nitrogens with zero attached hydrogens (tertiary/aromatic N) is 2. The number of unbranched alkanes of at least 4 members (excludes halogenated alkanes) is 1. The van der Waals surface area contributed by atoms with Crippen LogP contribution in [0.25, 0.3) is 0 Å². The highest BCUT2D eigenvalue weighted by Crippen LogP contribution is 2.17. The summed E-state index contributed by atoms with van der Waals surface area (Å²) in [5.74, 6) is 0.173. The number of aryl methyl sites for hydroxylation is 1. The van der Waals surface area contributed by atoms with E-state index >= 15 is 0 Å². The van der Waals surface area contributed by atoms with Crippen LogP contribution >= 0.6 is 11.6 Å². The molecule has 0 atom stereocenters. The van der Waals surface area contributed by atoms with Crippen molar-refractivity contribution in [3.8, 4) is 0 Å². The maximum atomic E-state index is 7.20. The number of nitrogens with one attached hydrogen (secondary N) is 1. The van der Waals surface area contributed by atoms with Gasteiger partial charge in [-0.05, 0) is 12.8 Å². The second kappa shape index (κ2) is 4.91. The third-order valence-corrected chi connectivity index (χ3v) is 2.19. The molecule has 0 unspecified atom stereocenters. The number of nitrogen functional groups attached to an aromatic ring is 1. The molecule has 14 heavy (non-hydrogen) atoms. The lowest BCUT2D eigenvalue weighted by Gasteiger charge is -2.05. The number of hydrogen-bond acceptors (Lipinski definition) is 4. The minimum absolute atomic E-state index is 0.173. The summed E-state index contributed by atoms with van der Waals surface area (Å²) < 4.78 is 0. The van der Waals surface area contributed by atoms with E-state index in [1.165, 1.54) is 6.21 Å². The van der Waals surface area contributed by atoms with Crippen LogP contribution in [0, 0.1) is 5.41 Å². The predicted molar refractivity (Wildman–Crippen MR) is 58.0 cm³/mol. The molecule has 0 saturated heterocycles. The van der Waals surface area contributed by atoms with Crippen molar-refractivity contribution in [3.63, 3.8) is 0 Å². The average Bonchev–Trinajstić information content (AvgIpc) is 2.14. The van der Waals surface area contributed by atoms with E-state index in [-0.39, 0.29) is 11.1 Å². The lowest BCUT2D eigenvalue weighted by atomic mass is 10.1. The van der Waals surface area contributed by atoms with E-state index in [1.54, 1.807) is 0 Å². The predicted octanol–water partition coefficient (Wildman–Crippen LogP) is 2.05. The highest BCUT2D eigenvalue weighted by molar-refractivity contribution is 6.32. The molecule has 5 heteroatoms. The molecule has 0 aliphatic carbocycles. The van der Waals surface area contributed by atoms with Gasteiger partial charge in [0.1, 0.15) is 5.15 Å². The maximum absolute atomic E-state index is 7.20. The third kappa shape index (κ3) is 2.42. The Morgan fingerprint density at radius 1 is 1.50 bits per heavy atom. The molecule has 0 saturated carbocycles. The van der Waals surface area contributed by atoms with Gasteiger partial charge in [-0.3, -0.25) is 0 Å². The molecule has 0 amide bonds. The zero-order valence-corrected chi connectivity index (χ0v) is 8.80. The SMILES string of the molecule is CCCCc1nc(N)nc(Cl)c1C=N. The van der Waals surface area contributed by atoms with E-state index in [9.17, 15) is 0 Å². The number of aromatic nitrogens is 2. The first-order chi connectivity index (χ1) is 6.69. The van der Waals surface area contributed by atoms with Gasteiger partial charge in [0, 0.05) is 6.21 Å². The number of hydrogen-bond donors (Lipinski definition) is 2. The van der Waals surface area contributed by atoms with E-state index in [0.29, 0.717) is 5.56 Å². The van der Waals surface area contributed by atoms with Crippen LogP contribution in [0.1, 0.15) is 31.0 Å². The Morgan fingerprint density at radius 2 is 2.21 bits per heavy atom. The van der Waals surface area contributed by atoms with Gasteiger partial charge in [-0.1, -0.05) is 24.9 Å². The maximum Gasteiger partial charge on any atom is 0.221 e. The van der Waals surface area contributed by atoms with Crippen molar-refractivity contribution >= 4 is 23.8 Å². The zero-order valence-electron chi connectivity index (χ0n) is 8.05. The van der Waals surface area contributed by atoms with Gasteiger partial charge in [-0.15, -0.1) is 0 Å². The van der Waals surface area contributed by atoms with Crippen molar-refractivity contribution in [2.24, 2.45) is 0 Å². The number of halogens is 1. The van der Waals surface area contributed by atoms with Gasteiger partial charge in [0.2, 0.25) is 5.95 Å². The zero-order chi connectivity index (χ0) is 10.6. The van der Waals surface area contributed by atoms with Gasteiger partial charge in [0.15, 0.2) is 0 Å². The summed E-state index contributed by atoms with van der Waals surface area (Å²) in [4.78, 5) is 7.87. The molecule has 1 aromatic heterocycles. The standard InChI is InChI=1S/C9H13ClN4/c1-2-3-4-7-6(5-11)8(10)14-9(12)13-7/h5,11H,2-4H2,1H3,(H2,12,13,14). The van der Waals surface area contributed by atoms with E-state index in [2.05, 4.69) is 16.9 Å². The summed E-state index contributed by atoms with van der Waals surface area (Å²) in [6.07, 6.45) is 4.03. The number of anilines is 1. The molecule has 0 aliphatic rings. The van der Waals surface area contributed by atoms with E-state index < -0.39 is 0 Å². The normalized spacial score (nSPS) is 10.1. The second-order valence-corrected chi connectivity index (χ2v) is 3.34. The molecular formula is C9H13ClN4. The second-order valence-electron chi connectivity index (χ2n) is 2.98. The van der Waals surface area contributed by atoms with Crippen LogP contribution in [-0.2, 0) is 6.42 Å². The van der Waals surface area contributed by atoms with E-state index in [1.807, 2.05) is 0 Å². The molecule has 0 bridgehead atoms. The lowest BCUT2D eigenvalue weighted by Crippen LogP contribution is -2.05. The Balaban J connectivity index is 3.05. The molecule has 3 N–H and O–H groups in total. The van der Waals surface area contributed by atoms with Gasteiger partial charge in [-0.25, -0.2) is 9.97 Å². The minimum atomic E-state index is 0.173.